The van der Waals surface area contributed by atoms with E-state index in [2.05, 4.69) is 10.0 Å². The van der Waals surface area contributed by atoms with E-state index in [4.69, 9.17) is 5.53 Å². The maximum Gasteiger partial charge on any atom is 0.269 e. The van der Waals surface area contributed by atoms with Crippen LogP contribution in [0.3, 0.4) is 0 Å². The van der Waals surface area contributed by atoms with Gasteiger partial charge in [0.25, 0.3) is 5.69 Å². The lowest BCUT2D eigenvalue weighted by atomic mass is 10.2. The number of benzene rings is 1. The fourth-order valence-electron chi connectivity index (χ4n) is 0.836. The summed E-state index contributed by atoms with van der Waals surface area (Å²) < 4.78 is 0. The quantitative estimate of drug-likeness (QED) is 0.233. The number of azide groups is 1. The molecule has 0 N–H and O–H groups in total. The first-order valence-electron chi connectivity index (χ1n) is 3.48. The molecule has 1 aromatic rings. The van der Waals surface area contributed by atoms with Crippen molar-refractivity contribution in [2.45, 2.75) is 6.54 Å². The number of nitro groups is 1. The van der Waals surface area contributed by atoms with Crippen LogP contribution in [-0.2, 0) is 6.54 Å². The molecule has 0 saturated carbocycles. The van der Waals surface area contributed by atoms with Crippen molar-refractivity contribution in [3.8, 4) is 0 Å². The van der Waals surface area contributed by atoms with E-state index in [1.54, 1.807) is 12.1 Å². The van der Waals surface area contributed by atoms with Gasteiger partial charge in [-0.2, -0.15) is 0 Å². The standard InChI is InChI=1S/C7H6N4O2/c8-10-9-5-6-1-3-7(4-2-6)11(12)13/h1-4H,5H2. The lowest BCUT2D eigenvalue weighted by Gasteiger charge is -1.93. The van der Waals surface area contributed by atoms with Gasteiger partial charge >= 0.3 is 0 Å². The smallest absolute Gasteiger partial charge is 0.258 e. The van der Waals surface area contributed by atoms with E-state index in [0.29, 0.717) is 0 Å². The van der Waals surface area contributed by atoms with Gasteiger partial charge in [0.15, 0.2) is 0 Å². The van der Waals surface area contributed by atoms with Gasteiger partial charge in [-0.1, -0.05) is 17.2 Å². The number of nitrogens with zero attached hydrogens (tertiary/aromatic N) is 4. The zero-order valence-corrected chi connectivity index (χ0v) is 6.62. The second-order valence-corrected chi connectivity index (χ2v) is 2.31. The fraction of sp³-hybridized carbons (Fsp3) is 0.143. The topological polar surface area (TPSA) is 91.9 Å². The molecule has 0 aliphatic heterocycles. The molecule has 6 nitrogen and oxygen atoms in total. The molecule has 0 amide bonds. The molecule has 0 unspecified atom stereocenters. The van der Waals surface area contributed by atoms with Gasteiger partial charge in [-0.05, 0) is 11.1 Å². The molecule has 0 bridgehead atoms. The predicted octanol–water partition coefficient (Wildman–Crippen LogP) is 2.41. The highest BCUT2D eigenvalue weighted by Crippen LogP contribution is 2.12. The Hall–Kier alpha value is -2.07. The first-order chi connectivity index (χ1) is 6.24. The molecule has 13 heavy (non-hydrogen) atoms. The summed E-state index contributed by atoms with van der Waals surface area (Å²) in [6.45, 7) is 0.217. The minimum atomic E-state index is -0.475. The van der Waals surface area contributed by atoms with Crippen LogP contribution in [0.25, 0.3) is 10.4 Å². The van der Waals surface area contributed by atoms with E-state index >= 15 is 0 Å². The average molecular weight is 178 g/mol. The minimum absolute atomic E-state index is 0.0321. The van der Waals surface area contributed by atoms with Gasteiger partial charge in [-0.25, -0.2) is 0 Å². The van der Waals surface area contributed by atoms with Crippen molar-refractivity contribution in [2.75, 3.05) is 0 Å². The second-order valence-electron chi connectivity index (χ2n) is 2.31. The van der Waals surface area contributed by atoms with Gasteiger partial charge in [0.1, 0.15) is 0 Å². The van der Waals surface area contributed by atoms with Gasteiger partial charge in [-0.15, -0.1) is 0 Å². The van der Waals surface area contributed by atoms with E-state index in [9.17, 15) is 10.1 Å². The molecule has 0 fully saturated rings. The first kappa shape index (κ1) is 9.02. The van der Waals surface area contributed by atoms with Crippen LogP contribution in [0.4, 0.5) is 5.69 Å². The molecule has 6 heteroatoms. The zero-order valence-electron chi connectivity index (χ0n) is 6.62. The third-order valence-corrected chi connectivity index (χ3v) is 1.46. The Labute approximate surface area is 73.6 Å². The lowest BCUT2D eigenvalue weighted by molar-refractivity contribution is -0.384. The largest absolute Gasteiger partial charge is 0.269 e. The second kappa shape index (κ2) is 4.08. The Morgan fingerprint density at radius 2 is 2.08 bits per heavy atom. The third-order valence-electron chi connectivity index (χ3n) is 1.46. The van der Waals surface area contributed by atoms with Crippen molar-refractivity contribution < 1.29 is 4.92 Å². The van der Waals surface area contributed by atoms with E-state index in [1.807, 2.05) is 0 Å². The summed E-state index contributed by atoms with van der Waals surface area (Å²) in [6.07, 6.45) is 0. The Balaban J connectivity index is 2.80. The summed E-state index contributed by atoms with van der Waals surface area (Å²) in [7, 11) is 0. The van der Waals surface area contributed by atoms with Crippen molar-refractivity contribution in [1.82, 2.24) is 0 Å². The molecule has 0 aliphatic rings. The van der Waals surface area contributed by atoms with E-state index < -0.39 is 4.92 Å². The molecule has 1 rings (SSSR count). The van der Waals surface area contributed by atoms with Crippen molar-refractivity contribution in [3.05, 3.63) is 50.4 Å². The normalized spacial score (nSPS) is 8.92. The highest BCUT2D eigenvalue weighted by molar-refractivity contribution is 5.32. The first-order valence-corrected chi connectivity index (χ1v) is 3.48. The number of nitro benzene ring substituents is 1. The van der Waals surface area contributed by atoms with Gasteiger partial charge < -0.3 is 0 Å². The molecule has 0 spiro atoms. The number of hydrogen-bond donors (Lipinski definition) is 0. The van der Waals surface area contributed by atoms with Crippen molar-refractivity contribution in [2.24, 2.45) is 5.11 Å². The summed E-state index contributed by atoms with van der Waals surface area (Å²) in [5, 5.41) is 13.6. The SMILES string of the molecule is [N-]=[N+]=NCc1ccc([N+](=O)[O-])cc1. The molecular formula is C7H6N4O2. The van der Waals surface area contributed by atoms with Gasteiger partial charge in [0.2, 0.25) is 0 Å². The molecule has 0 aromatic heterocycles. The molecule has 0 heterocycles. The molecule has 0 atom stereocenters. The highest BCUT2D eigenvalue weighted by atomic mass is 16.6. The van der Waals surface area contributed by atoms with Gasteiger partial charge in [0.05, 0.1) is 11.5 Å². The van der Waals surface area contributed by atoms with Crippen LogP contribution < -0.4 is 0 Å². The van der Waals surface area contributed by atoms with E-state index in [-0.39, 0.29) is 12.2 Å². The summed E-state index contributed by atoms with van der Waals surface area (Å²) in [6, 6.07) is 5.88. The van der Waals surface area contributed by atoms with Gasteiger partial charge in [0, 0.05) is 17.0 Å². The monoisotopic (exact) mass is 178 g/mol. The zero-order chi connectivity index (χ0) is 9.68. The third kappa shape index (κ3) is 2.46. The Morgan fingerprint density at radius 3 is 2.54 bits per heavy atom. The van der Waals surface area contributed by atoms with Crippen molar-refractivity contribution in [3.63, 3.8) is 0 Å². The maximum atomic E-state index is 10.2. The lowest BCUT2D eigenvalue weighted by Crippen LogP contribution is -1.87. The Morgan fingerprint density at radius 1 is 1.46 bits per heavy atom. The summed E-state index contributed by atoms with van der Waals surface area (Å²) in [4.78, 5) is 12.4. The Bertz CT molecular complexity index is 353. The van der Waals surface area contributed by atoms with Crippen LogP contribution in [0.15, 0.2) is 29.4 Å². The van der Waals surface area contributed by atoms with E-state index in [0.717, 1.165) is 5.56 Å². The molecular weight excluding hydrogens is 172 g/mol. The van der Waals surface area contributed by atoms with Crippen LogP contribution in [0.1, 0.15) is 5.56 Å². The van der Waals surface area contributed by atoms with Crippen LogP contribution in [0.5, 0.6) is 0 Å². The van der Waals surface area contributed by atoms with E-state index in [1.165, 1.54) is 12.1 Å². The molecule has 0 aliphatic carbocycles. The molecule has 0 radical (unpaired) electrons. The van der Waals surface area contributed by atoms with Crippen LogP contribution >= 0.6 is 0 Å². The fourth-order valence-corrected chi connectivity index (χ4v) is 0.836. The summed E-state index contributed by atoms with van der Waals surface area (Å²) in [5.74, 6) is 0. The maximum absolute atomic E-state index is 10.2. The van der Waals surface area contributed by atoms with Crippen LogP contribution in [0.2, 0.25) is 0 Å². The number of rotatable bonds is 3. The molecule has 0 saturated heterocycles. The van der Waals surface area contributed by atoms with Crippen molar-refractivity contribution >= 4 is 5.69 Å². The van der Waals surface area contributed by atoms with Crippen molar-refractivity contribution in [1.29, 1.82) is 0 Å². The summed E-state index contributed by atoms with van der Waals surface area (Å²) >= 11 is 0. The highest BCUT2D eigenvalue weighted by Gasteiger charge is 2.02. The summed E-state index contributed by atoms with van der Waals surface area (Å²) in [5.41, 5.74) is 8.81. The van der Waals surface area contributed by atoms with Crippen LogP contribution in [-0.4, -0.2) is 4.92 Å². The van der Waals surface area contributed by atoms with Gasteiger partial charge in [-0.3, -0.25) is 10.1 Å². The molecule has 1 aromatic carbocycles. The average Bonchev–Trinajstić information content (AvgIpc) is 2.15. The van der Waals surface area contributed by atoms with Crippen LogP contribution in [0, 0.1) is 10.1 Å². The Kier molecular flexibility index (Phi) is 2.83. The predicted molar refractivity (Wildman–Crippen MR) is 45.9 cm³/mol. The minimum Gasteiger partial charge on any atom is -0.258 e. The number of hydrogen-bond acceptors (Lipinski definition) is 3. The number of non-ortho nitro benzene ring substituents is 1. The molecule has 66 valence electrons.